The fourth-order valence-electron chi connectivity index (χ4n) is 0.780. The minimum atomic E-state index is -0.534. The van der Waals surface area contributed by atoms with Gasteiger partial charge in [-0.2, -0.15) is 10.5 Å². The maximum absolute atomic E-state index is 10.8. The molecule has 0 spiro atoms. The van der Waals surface area contributed by atoms with E-state index in [0.29, 0.717) is 6.54 Å². The Morgan fingerprint density at radius 1 is 1.43 bits per heavy atom. The van der Waals surface area contributed by atoms with E-state index in [1.54, 1.807) is 5.59 Å². The van der Waals surface area contributed by atoms with E-state index in [1.807, 2.05) is 12.1 Å². The van der Waals surface area contributed by atoms with Crippen LogP contribution in [0.15, 0.2) is 0 Å². The highest BCUT2D eigenvalue weighted by atomic mass is 16.7. The normalized spacial score (nSPS) is 9.14. The summed E-state index contributed by atoms with van der Waals surface area (Å²) in [6.07, 6.45) is 0.0769. The van der Waals surface area contributed by atoms with Crippen LogP contribution in [0.2, 0.25) is 0 Å². The van der Waals surface area contributed by atoms with Crippen molar-refractivity contribution < 1.29 is 9.63 Å². The first kappa shape index (κ1) is 12.3. The van der Waals surface area contributed by atoms with E-state index < -0.39 is 5.97 Å². The molecule has 0 heterocycles. The molecule has 0 saturated carbocycles. The average Bonchev–Trinajstić information content (AvgIpc) is 2.15. The summed E-state index contributed by atoms with van der Waals surface area (Å²) in [5.41, 5.74) is 1.76. The number of hydrogen-bond acceptors (Lipinski definition) is 7. The highest BCUT2D eigenvalue weighted by molar-refractivity contribution is 5.69. The van der Waals surface area contributed by atoms with Gasteiger partial charge in [-0.25, -0.2) is 5.84 Å². The first-order valence-corrected chi connectivity index (χ1v) is 3.86. The monoisotopic (exact) mass is 197 g/mol. The predicted octanol–water partition coefficient (Wildman–Crippen LogP) is -1.35. The first-order chi connectivity index (χ1) is 6.74. The molecule has 0 aliphatic carbocycles. The van der Waals surface area contributed by atoms with Crippen LogP contribution in [0, 0.1) is 22.7 Å². The van der Waals surface area contributed by atoms with Crippen molar-refractivity contribution in [2.45, 2.75) is 6.42 Å². The van der Waals surface area contributed by atoms with Crippen molar-refractivity contribution in [2.24, 2.45) is 5.84 Å². The van der Waals surface area contributed by atoms with Crippen LogP contribution < -0.4 is 11.4 Å². The Labute approximate surface area is 81.6 Å². The summed E-state index contributed by atoms with van der Waals surface area (Å²) in [5.74, 6) is 4.21. The Balaban J connectivity index is 3.77. The van der Waals surface area contributed by atoms with Gasteiger partial charge in [0.2, 0.25) is 0 Å². The van der Waals surface area contributed by atoms with Crippen molar-refractivity contribution in [1.29, 1.82) is 10.5 Å². The highest BCUT2D eigenvalue weighted by Crippen LogP contribution is 1.91. The number of nitrogens with one attached hydrogen (secondary N) is 1. The molecule has 0 aromatic heterocycles. The van der Waals surface area contributed by atoms with Gasteiger partial charge in [0.25, 0.3) is 0 Å². The van der Waals surface area contributed by atoms with Gasteiger partial charge in [0.15, 0.2) is 0 Å². The average molecular weight is 197 g/mol. The Morgan fingerprint density at radius 3 is 2.43 bits per heavy atom. The predicted molar refractivity (Wildman–Crippen MR) is 45.7 cm³/mol. The lowest BCUT2D eigenvalue weighted by Crippen LogP contribution is -2.31. The molecule has 76 valence electrons. The van der Waals surface area contributed by atoms with Crippen LogP contribution in [0.1, 0.15) is 6.42 Å². The van der Waals surface area contributed by atoms with Crippen molar-refractivity contribution in [1.82, 2.24) is 10.5 Å². The minimum Gasteiger partial charge on any atom is -0.356 e. The van der Waals surface area contributed by atoms with Gasteiger partial charge in [-0.3, -0.25) is 9.69 Å². The van der Waals surface area contributed by atoms with Gasteiger partial charge in [-0.1, -0.05) is 5.59 Å². The number of carbonyl (C=O) groups excluding carboxylic acids is 1. The molecule has 0 aromatic rings. The number of rotatable bonds is 6. The van der Waals surface area contributed by atoms with E-state index >= 15 is 0 Å². The van der Waals surface area contributed by atoms with Gasteiger partial charge < -0.3 is 4.84 Å². The van der Waals surface area contributed by atoms with E-state index in [-0.39, 0.29) is 19.5 Å². The van der Waals surface area contributed by atoms with Crippen LogP contribution >= 0.6 is 0 Å². The van der Waals surface area contributed by atoms with Crippen molar-refractivity contribution in [3.8, 4) is 12.1 Å². The molecular weight excluding hydrogens is 186 g/mol. The minimum absolute atomic E-state index is 0.0769. The van der Waals surface area contributed by atoms with Gasteiger partial charge in [-0.05, 0) is 0 Å². The van der Waals surface area contributed by atoms with Crippen LogP contribution in [-0.4, -0.2) is 30.5 Å². The van der Waals surface area contributed by atoms with Crippen molar-refractivity contribution in [3.05, 3.63) is 0 Å². The number of nitriles is 2. The number of hydrogen-bond donors (Lipinski definition) is 2. The summed E-state index contributed by atoms with van der Waals surface area (Å²) in [7, 11) is 0. The molecule has 0 radical (unpaired) electrons. The SMILES string of the molecule is N#CCN(CC#N)CCC(=O)ONN. The summed E-state index contributed by atoms with van der Waals surface area (Å²) in [6, 6.07) is 3.78. The lowest BCUT2D eigenvalue weighted by Gasteiger charge is -2.13. The van der Waals surface area contributed by atoms with E-state index in [0.717, 1.165) is 0 Å². The first-order valence-electron chi connectivity index (χ1n) is 3.86. The van der Waals surface area contributed by atoms with Gasteiger partial charge in [0.1, 0.15) is 0 Å². The van der Waals surface area contributed by atoms with Gasteiger partial charge in [-0.15, -0.1) is 0 Å². The van der Waals surface area contributed by atoms with E-state index in [9.17, 15) is 4.79 Å². The summed E-state index contributed by atoms with van der Waals surface area (Å²) in [6.45, 7) is 0.509. The highest BCUT2D eigenvalue weighted by Gasteiger charge is 2.08. The molecule has 0 rings (SSSR count). The Morgan fingerprint density at radius 2 is 2.00 bits per heavy atom. The Hall–Kier alpha value is -1.67. The van der Waals surface area contributed by atoms with Crippen molar-refractivity contribution >= 4 is 5.97 Å². The molecular formula is C7H11N5O2. The van der Waals surface area contributed by atoms with E-state index in [1.165, 1.54) is 4.90 Å². The summed E-state index contributed by atoms with van der Waals surface area (Å²) >= 11 is 0. The third-order valence-corrected chi connectivity index (χ3v) is 1.39. The van der Waals surface area contributed by atoms with Gasteiger partial charge >= 0.3 is 5.97 Å². The Kier molecular flexibility index (Phi) is 7.00. The smallest absolute Gasteiger partial charge is 0.327 e. The number of nitrogens with zero attached hydrogens (tertiary/aromatic N) is 3. The fraction of sp³-hybridized carbons (Fsp3) is 0.571. The lowest BCUT2D eigenvalue weighted by molar-refractivity contribution is -0.151. The molecule has 3 N–H and O–H groups in total. The zero-order valence-electron chi connectivity index (χ0n) is 7.56. The lowest BCUT2D eigenvalue weighted by atomic mass is 10.4. The topological polar surface area (TPSA) is 115 Å². The molecule has 14 heavy (non-hydrogen) atoms. The van der Waals surface area contributed by atoms with Crippen LogP contribution in [0.5, 0.6) is 0 Å². The fourth-order valence-corrected chi connectivity index (χ4v) is 0.780. The van der Waals surface area contributed by atoms with Crippen LogP contribution in [0.25, 0.3) is 0 Å². The van der Waals surface area contributed by atoms with Gasteiger partial charge in [0, 0.05) is 6.54 Å². The standard InChI is InChI=1S/C7H11N5O2/c8-2-5-12(6-3-9)4-1-7(13)14-11-10/h11H,1,4-6,10H2. The van der Waals surface area contributed by atoms with Crippen LogP contribution in [-0.2, 0) is 9.63 Å². The molecule has 0 unspecified atom stereocenters. The van der Waals surface area contributed by atoms with Gasteiger partial charge in [0.05, 0.1) is 31.6 Å². The molecule has 0 aromatic carbocycles. The summed E-state index contributed by atoms with van der Waals surface area (Å²) in [4.78, 5) is 16.6. The third-order valence-electron chi connectivity index (χ3n) is 1.39. The molecule has 0 fully saturated rings. The molecule has 0 amide bonds. The summed E-state index contributed by atoms with van der Waals surface area (Å²) in [5, 5.41) is 16.8. The van der Waals surface area contributed by atoms with E-state index in [4.69, 9.17) is 16.4 Å². The van der Waals surface area contributed by atoms with Crippen molar-refractivity contribution in [2.75, 3.05) is 19.6 Å². The molecule has 0 aliphatic rings. The number of hydrazine groups is 1. The third kappa shape index (κ3) is 5.91. The van der Waals surface area contributed by atoms with Crippen LogP contribution in [0.4, 0.5) is 0 Å². The van der Waals surface area contributed by atoms with E-state index in [2.05, 4.69) is 4.84 Å². The number of nitrogens with two attached hydrogens (primary N) is 1. The number of carbonyl (C=O) groups is 1. The maximum Gasteiger partial charge on any atom is 0.327 e. The molecule has 7 nitrogen and oxygen atoms in total. The Bertz CT molecular complexity index is 238. The molecule has 0 aliphatic heterocycles. The second-order valence-electron chi connectivity index (χ2n) is 2.37. The largest absolute Gasteiger partial charge is 0.356 e. The quantitative estimate of drug-likeness (QED) is 0.307. The second kappa shape index (κ2) is 7.95. The van der Waals surface area contributed by atoms with Crippen LogP contribution in [0.3, 0.4) is 0 Å². The molecule has 0 atom stereocenters. The summed E-state index contributed by atoms with van der Waals surface area (Å²) < 4.78 is 0. The van der Waals surface area contributed by atoms with Crippen molar-refractivity contribution in [3.63, 3.8) is 0 Å². The zero-order valence-corrected chi connectivity index (χ0v) is 7.56. The molecule has 7 heteroatoms. The maximum atomic E-state index is 10.8. The zero-order chi connectivity index (χ0) is 10.8. The molecule has 0 bridgehead atoms. The second-order valence-corrected chi connectivity index (χ2v) is 2.37. The molecule has 0 saturated heterocycles.